The molecule has 0 spiro atoms. The minimum atomic E-state index is -1.67. The molecule has 3 aliphatic rings. The van der Waals surface area contributed by atoms with E-state index in [0.29, 0.717) is 39.5 Å². The maximum atomic E-state index is 13.7. The van der Waals surface area contributed by atoms with Gasteiger partial charge in [0.05, 0.1) is 5.92 Å². The zero-order chi connectivity index (χ0) is 25.9. The summed E-state index contributed by atoms with van der Waals surface area (Å²) in [6.07, 6.45) is -0.0191. The van der Waals surface area contributed by atoms with Gasteiger partial charge in [0.2, 0.25) is 0 Å². The number of hydrogen-bond donors (Lipinski definition) is 2. The highest BCUT2D eigenvalue weighted by molar-refractivity contribution is 5.86. The van der Waals surface area contributed by atoms with Crippen molar-refractivity contribution in [2.75, 3.05) is 0 Å². The van der Waals surface area contributed by atoms with E-state index in [1.807, 2.05) is 72.8 Å². The highest BCUT2D eigenvalue weighted by atomic mass is 16.5. The number of hydrogen-bond acceptors (Lipinski definition) is 5. The standard InChI is InChI=1S/C33H24O5/c34-31(38-24-15-14-21-8-4-5-9-22(21)18-24)30-20-32(35)26-12-6-7-13-27(26)33(30,36)28-17-16-25(19-29(28)32)37-23-10-2-1-3-11-23/h1-19,30,35-36H,20H2. The Hall–Kier alpha value is -4.45. The molecule has 2 N–H and O–H groups in total. The van der Waals surface area contributed by atoms with Crippen molar-refractivity contribution in [1.29, 1.82) is 0 Å². The number of benzene rings is 5. The molecule has 0 amide bonds. The van der Waals surface area contributed by atoms with Gasteiger partial charge in [-0.1, -0.05) is 78.9 Å². The number of carbonyl (C=O) groups is 1. The van der Waals surface area contributed by atoms with E-state index in [0.717, 1.165) is 10.8 Å². The molecule has 5 heteroatoms. The van der Waals surface area contributed by atoms with E-state index in [4.69, 9.17) is 9.47 Å². The SMILES string of the molecule is O=C(Oc1ccc2ccccc2c1)C1CC2(O)c3ccccc3C1(O)c1ccc(Oc3ccccc3)cc12. The summed E-state index contributed by atoms with van der Waals surface area (Å²) < 4.78 is 11.8. The van der Waals surface area contributed by atoms with E-state index in [1.165, 1.54) is 0 Å². The van der Waals surface area contributed by atoms with Gasteiger partial charge in [-0.15, -0.1) is 0 Å². The molecule has 38 heavy (non-hydrogen) atoms. The first-order valence-electron chi connectivity index (χ1n) is 12.6. The number of para-hydroxylation sites is 1. The molecule has 8 rings (SSSR count). The van der Waals surface area contributed by atoms with Gasteiger partial charge in [-0.25, -0.2) is 0 Å². The zero-order valence-corrected chi connectivity index (χ0v) is 20.4. The summed E-state index contributed by atoms with van der Waals surface area (Å²) in [4.78, 5) is 13.7. The number of rotatable bonds is 4. The maximum absolute atomic E-state index is 13.7. The fourth-order valence-electron chi connectivity index (χ4n) is 6.06. The molecule has 0 saturated carbocycles. The molecule has 3 unspecified atom stereocenters. The van der Waals surface area contributed by atoms with E-state index < -0.39 is 23.1 Å². The second-order valence-electron chi connectivity index (χ2n) is 9.98. The molecule has 0 aromatic heterocycles. The van der Waals surface area contributed by atoms with Gasteiger partial charge in [0.15, 0.2) is 0 Å². The largest absolute Gasteiger partial charge is 0.457 e. The Morgan fingerprint density at radius 1 is 0.632 bits per heavy atom. The van der Waals surface area contributed by atoms with Crippen LogP contribution in [0.1, 0.15) is 28.7 Å². The average molecular weight is 501 g/mol. The summed E-state index contributed by atoms with van der Waals surface area (Å²) in [5.41, 5.74) is -1.07. The number of aliphatic hydroxyl groups is 2. The summed E-state index contributed by atoms with van der Waals surface area (Å²) >= 11 is 0. The van der Waals surface area contributed by atoms with Crippen LogP contribution in [-0.2, 0) is 16.0 Å². The van der Waals surface area contributed by atoms with Crippen molar-refractivity contribution in [3.8, 4) is 17.2 Å². The highest BCUT2D eigenvalue weighted by Gasteiger charge is 2.62. The lowest BCUT2D eigenvalue weighted by Crippen LogP contribution is -2.57. The molecule has 186 valence electrons. The van der Waals surface area contributed by atoms with Crippen LogP contribution in [0.5, 0.6) is 17.2 Å². The second-order valence-corrected chi connectivity index (χ2v) is 9.98. The van der Waals surface area contributed by atoms with E-state index >= 15 is 0 Å². The molecule has 5 aromatic carbocycles. The second kappa shape index (κ2) is 8.28. The summed E-state index contributed by atoms with van der Waals surface area (Å²) in [6, 6.07) is 35.1. The Kier molecular flexibility index (Phi) is 4.95. The Morgan fingerprint density at radius 2 is 1.29 bits per heavy atom. The van der Waals surface area contributed by atoms with E-state index in [2.05, 4.69) is 0 Å². The number of carbonyl (C=O) groups excluding carboxylic acids is 1. The van der Waals surface area contributed by atoms with Crippen LogP contribution in [-0.4, -0.2) is 16.2 Å². The third-order valence-corrected chi connectivity index (χ3v) is 7.84. The lowest BCUT2D eigenvalue weighted by atomic mass is 9.54. The average Bonchev–Trinajstić information content (AvgIpc) is 2.95. The van der Waals surface area contributed by atoms with Crippen LogP contribution < -0.4 is 9.47 Å². The summed E-state index contributed by atoms with van der Waals surface area (Å²) in [5, 5.41) is 26.5. The lowest BCUT2D eigenvalue weighted by molar-refractivity contribution is -0.157. The lowest BCUT2D eigenvalue weighted by Gasteiger charge is -2.53. The maximum Gasteiger partial charge on any atom is 0.318 e. The Morgan fingerprint density at radius 3 is 2.11 bits per heavy atom. The first-order chi connectivity index (χ1) is 18.5. The Balaban J connectivity index is 1.30. The molecule has 5 aromatic rings. The monoisotopic (exact) mass is 500 g/mol. The van der Waals surface area contributed by atoms with Crippen LogP contribution in [0.3, 0.4) is 0 Å². The van der Waals surface area contributed by atoms with Gasteiger partial charge in [0.1, 0.15) is 28.5 Å². The zero-order valence-electron chi connectivity index (χ0n) is 20.4. The van der Waals surface area contributed by atoms with Crippen LogP contribution in [0.4, 0.5) is 0 Å². The van der Waals surface area contributed by atoms with Crippen molar-refractivity contribution in [3.05, 3.63) is 138 Å². The predicted molar refractivity (Wildman–Crippen MR) is 143 cm³/mol. The molecule has 0 fully saturated rings. The molecule has 0 aliphatic heterocycles. The fraction of sp³-hybridized carbons (Fsp3) is 0.121. The van der Waals surface area contributed by atoms with Gasteiger partial charge in [-0.2, -0.15) is 0 Å². The van der Waals surface area contributed by atoms with Crippen LogP contribution >= 0.6 is 0 Å². The Labute approximate surface area is 219 Å². The van der Waals surface area contributed by atoms with Gasteiger partial charge in [-0.05, 0) is 69.4 Å². The normalized spacial score (nSPS) is 22.9. The van der Waals surface area contributed by atoms with Crippen molar-refractivity contribution in [3.63, 3.8) is 0 Å². The van der Waals surface area contributed by atoms with E-state index in [1.54, 1.807) is 42.5 Å². The van der Waals surface area contributed by atoms with Crippen LogP contribution in [0.2, 0.25) is 0 Å². The fourth-order valence-corrected chi connectivity index (χ4v) is 6.06. The van der Waals surface area contributed by atoms with Gasteiger partial charge in [-0.3, -0.25) is 4.79 Å². The summed E-state index contributed by atoms with van der Waals surface area (Å²) in [6.45, 7) is 0. The van der Waals surface area contributed by atoms with Crippen molar-refractivity contribution >= 4 is 16.7 Å². The minimum absolute atomic E-state index is 0.0191. The summed E-state index contributed by atoms with van der Waals surface area (Å²) in [5.74, 6) is -0.0113. The molecule has 2 bridgehead atoms. The molecular formula is C33H24O5. The van der Waals surface area contributed by atoms with Crippen LogP contribution in [0, 0.1) is 5.92 Å². The minimum Gasteiger partial charge on any atom is -0.457 e. The van der Waals surface area contributed by atoms with Gasteiger partial charge >= 0.3 is 5.97 Å². The third kappa shape index (κ3) is 3.29. The van der Waals surface area contributed by atoms with Crippen molar-refractivity contribution < 1.29 is 24.5 Å². The summed E-state index contributed by atoms with van der Waals surface area (Å²) in [7, 11) is 0. The molecular weight excluding hydrogens is 476 g/mol. The van der Waals surface area contributed by atoms with Crippen LogP contribution in [0.15, 0.2) is 115 Å². The molecule has 5 nitrogen and oxygen atoms in total. The first kappa shape index (κ1) is 22.7. The topological polar surface area (TPSA) is 76.0 Å². The number of esters is 1. The van der Waals surface area contributed by atoms with Gasteiger partial charge < -0.3 is 19.7 Å². The smallest absolute Gasteiger partial charge is 0.318 e. The van der Waals surface area contributed by atoms with Crippen molar-refractivity contribution in [1.82, 2.24) is 0 Å². The highest BCUT2D eigenvalue weighted by Crippen LogP contribution is 2.60. The molecule has 3 atom stereocenters. The van der Waals surface area contributed by atoms with Crippen LogP contribution in [0.25, 0.3) is 10.8 Å². The quantitative estimate of drug-likeness (QED) is 0.232. The first-order valence-corrected chi connectivity index (χ1v) is 12.6. The predicted octanol–water partition coefficient (Wildman–Crippen LogP) is 6.04. The number of fused-ring (bicyclic) bond motifs is 2. The molecule has 0 heterocycles. The van der Waals surface area contributed by atoms with E-state index in [9.17, 15) is 15.0 Å². The third-order valence-electron chi connectivity index (χ3n) is 7.84. The van der Waals surface area contributed by atoms with Gasteiger partial charge in [0, 0.05) is 6.42 Å². The van der Waals surface area contributed by atoms with E-state index in [-0.39, 0.29) is 6.42 Å². The molecule has 3 aliphatic carbocycles. The molecule has 0 saturated heterocycles. The molecule has 0 radical (unpaired) electrons. The van der Waals surface area contributed by atoms with Crippen molar-refractivity contribution in [2.45, 2.75) is 17.6 Å². The Bertz CT molecular complexity index is 1710. The number of ether oxygens (including phenoxy) is 2. The van der Waals surface area contributed by atoms with Crippen molar-refractivity contribution in [2.24, 2.45) is 5.92 Å². The van der Waals surface area contributed by atoms with Gasteiger partial charge in [0.25, 0.3) is 0 Å².